The predicted molar refractivity (Wildman–Crippen MR) is 75.0 cm³/mol. The quantitative estimate of drug-likeness (QED) is 0.704. The van der Waals surface area contributed by atoms with Gasteiger partial charge in [0.05, 0.1) is 6.26 Å². The van der Waals surface area contributed by atoms with Gasteiger partial charge >= 0.3 is 0 Å². The summed E-state index contributed by atoms with van der Waals surface area (Å²) in [6.07, 6.45) is 1.35. The van der Waals surface area contributed by atoms with E-state index in [-0.39, 0.29) is 18.4 Å². The lowest BCUT2D eigenvalue weighted by Crippen LogP contribution is -2.29. The van der Waals surface area contributed by atoms with E-state index in [9.17, 15) is 13.2 Å². The molecule has 0 aliphatic rings. The fraction of sp³-hybridized carbons (Fsp3) is 0.417. The van der Waals surface area contributed by atoms with Crippen LogP contribution in [0.5, 0.6) is 0 Å². The van der Waals surface area contributed by atoms with Crippen molar-refractivity contribution in [1.82, 2.24) is 5.32 Å². The van der Waals surface area contributed by atoms with E-state index in [1.165, 1.54) is 0 Å². The summed E-state index contributed by atoms with van der Waals surface area (Å²) in [5.74, 6) is -0.128. The Hall–Kier alpha value is -1.60. The third-order valence-corrected chi connectivity index (χ3v) is 2.83. The minimum atomic E-state index is -3.29. The molecule has 1 amide bonds. The highest BCUT2D eigenvalue weighted by Crippen LogP contribution is 2.11. The molecule has 0 saturated carbocycles. The van der Waals surface area contributed by atoms with E-state index < -0.39 is 10.0 Å². The fourth-order valence-electron chi connectivity index (χ4n) is 1.52. The highest BCUT2D eigenvalue weighted by Gasteiger charge is 2.06. The number of benzene rings is 1. The number of nitrogens with two attached hydrogens (primary N) is 1. The number of carbonyl (C=O) groups excluding carboxylic acids is 1. The first-order valence-corrected chi connectivity index (χ1v) is 7.74. The molecule has 0 aliphatic heterocycles. The Kier molecular flexibility index (Phi) is 5.31. The summed E-state index contributed by atoms with van der Waals surface area (Å²) in [5.41, 5.74) is 6.80. The average molecular weight is 285 g/mol. The number of anilines is 1. The topological polar surface area (TPSA) is 101 Å². The fourth-order valence-corrected chi connectivity index (χ4v) is 2.08. The van der Waals surface area contributed by atoms with Crippen molar-refractivity contribution in [3.8, 4) is 0 Å². The summed E-state index contributed by atoms with van der Waals surface area (Å²) in [7, 11) is -3.29. The molecule has 0 fully saturated rings. The molecular weight excluding hydrogens is 266 g/mol. The van der Waals surface area contributed by atoms with Gasteiger partial charge in [-0.25, -0.2) is 8.42 Å². The Morgan fingerprint density at radius 1 is 1.42 bits per heavy atom. The Morgan fingerprint density at radius 2 is 2.11 bits per heavy atom. The van der Waals surface area contributed by atoms with Gasteiger partial charge in [-0.15, -0.1) is 0 Å². The summed E-state index contributed by atoms with van der Waals surface area (Å²) in [4.78, 5) is 11.4. The molecule has 0 bridgehead atoms. The van der Waals surface area contributed by atoms with Crippen LogP contribution < -0.4 is 15.8 Å². The van der Waals surface area contributed by atoms with Crippen molar-refractivity contribution in [3.05, 3.63) is 29.8 Å². The van der Waals surface area contributed by atoms with Gasteiger partial charge in [-0.2, -0.15) is 0 Å². The van der Waals surface area contributed by atoms with Crippen molar-refractivity contribution in [2.75, 3.05) is 11.0 Å². The maximum absolute atomic E-state index is 11.4. The molecule has 106 valence electrons. The van der Waals surface area contributed by atoms with Crippen LogP contribution in [0.25, 0.3) is 0 Å². The number of rotatable bonds is 6. The zero-order valence-corrected chi connectivity index (χ0v) is 11.8. The van der Waals surface area contributed by atoms with Crippen LogP contribution in [0.3, 0.4) is 0 Å². The monoisotopic (exact) mass is 285 g/mol. The zero-order chi connectivity index (χ0) is 14.5. The van der Waals surface area contributed by atoms with E-state index in [2.05, 4.69) is 10.0 Å². The maximum atomic E-state index is 11.4. The van der Waals surface area contributed by atoms with Crippen molar-refractivity contribution in [3.63, 3.8) is 0 Å². The van der Waals surface area contributed by atoms with E-state index in [1.807, 2.05) is 0 Å². The van der Waals surface area contributed by atoms with Crippen LogP contribution in [-0.2, 0) is 21.4 Å². The molecule has 0 aliphatic carbocycles. The molecule has 0 heterocycles. The standard InChI is InChI=1S/C12H19N3O3S/c1-9(13)6-12(16)14-8-10-4-3-5-11(7-10)15-19(2,17)18/h3-5,7,9,15H,6,8,13H2,1-2H3,(H,14,16). The van der Waals surface area contributed by atoms with Gasteiger partial charge in [-0.05, 0) is 24.6 Å². The number of hydrogen-bond donors (Lipinski definition) is 3. The first-order chi connectivity index (χ1) is 8.76. The zero-order valence-electron chi connectivity index (χ0n) is 11.0. The van der Waals surface area contributed by atoms with Crippen molar-refractivity contribution >= 4 is 21.6 Å². The number of carbonyl (C=O) groups is 1. The minimum Gasteiger partial charge on any atom is -0.352 e. The number of amides is 1. The normalized spacial score (nSPS) is 12.8. The second-order valence-electron chi connectivity index (χ2n) is 4.53. The first-order valence-electron chi connectivity index (χ1n) is 5.85. The summed E-state index contributed by atoms with van der Waals surface area (Å²) in [6.45, 7) is 2.10. The van der Waals surface area contributed by atoms with Crippen LogP contribution in [0.1, 0.15) is 18.9 Å². The van der Waals surface area contributed by atoms with Crippen LogP contribution in [0.2, 0.25) is 0 Å². The lowest BCUT2D eigenvalue weighted by molar-refractivity contribution is -0.121. The number of nitrogens with one attached hydrogen (secondary N) is 2. The molecule has 1 aromatic rings. The molecular formula is C12H19N3O3S. The Bertz CT molecular complexity index is 541. The number of hydrogen-bond acceptors (Lipinski definition) is 4. The Morgan fingerprint density at radius 3 is 2.68 bits per heavy atom. The molecule has 19 heavy (non-hydrogen) atoms. The maximum Gasteiger partial charge on any atom is 0.229 e. The van der Waals surface area contributed by atoms with Gasteiger partial charge in [0.15, 0.2) is 0 Å². The van der Waals surface area contributed by atoms with Crippen molar-refractivity contribution in [2.24, 2.45) is 5.73 Å². The van der Waals surface area contributed by atoms with Crippen LogP contribution in [-0.4, -0.2) is 26.6 Å². The third kappa shape index (κ3) is 6.78. The largest absolute Gasteiger partial charge is 0.352 e. The third-order valence-electron chi connectivity index (χ3n) is 2.23. The lowest BCUT2D eigenvalue weighted by Gasteiger charge is -2.09. The van der Waals surface area contributed by atoms with Crippen molar-refractivity contribution in [1.29, 1.82) is 0 Å². The molecule has 4 N–H and O–H groups in total. The highest BCUT2D eigenvalue weighted by molar-refractivity contribution is 7.92. The Labute approximate surface area is 113 Å². The van der Waals surface area contributed by atoms with Crippen LogP contribution in [0.4, 0.5) is 5.69 Å². The molecule has 7 heteroatoms. The second kappa shape index (κ2) is 6.53. The average Bonchev–Trinajstić information content (AvgIpc) is 2.23. The molecule has 0 aromatic heterocycles. The van der Waals surface area contributed by atoms with Gasteiger partial charge in [-0.3, -0.25) is 9.52 Å². The Balaban J connectivity index is 2.60. The van der Waals surface area contributed by atoms with Gasteiger partial charge in [0.2, 0.25) is 15.9 Å². The highest BCUT2D eigenvalue weighted by atomic mass is 32.2. The van der Waals surface area contributed by atoms with Crippen LogP contribution in [0.15, 0.2) is 24.3 Å². The predicted octanol–water partition coefficient (Wildman–Crippen LogP) is 0.412. The van der Waals surface area contributed by atoms with Gasteiger partial charge in [0.25, 0.3) is 0 Å². The molecule has 1 atom stereocenters. The van der Waals surface area contributed by atoms with Crippen LogP contribution >= 0.6 is 0 Å². The smallest absolute Gasteiger partial charge is 0.229 e. The molecule has 0 radical (unpaired) electrons. The number of sulfonamides is 1. The summed E-state index contributed by atoms with van der Waals surface area (Å²) < 4.78 is 24.6. The van der Waals surface area contributed by atoms with E-state index in [4.69, 9.17) is 5.73 Å². The van der Waals surface area contributed by atoms with Gasteiger partial charge in [-0.1, -0.05) is 12.1 Å². The summed E-state index contributed by atoms with van der Waals surface area (Å²) in [5, 5.41) is 2.72. The van der Waals surface area contributed by atoms with Crippen molar-refractivity contribution < 1.29 is 13.2 Å². The molecule has 1 aromatic carbocycles. The van der Waals surface area contributed by atoms with Gasteiger partial charge in [0, 0.05) is 24.7 Å². The van der Waals surface area contributed by atoms with E-state index >= 15 is 0 Å². The molecule has 0 saturated heterocycles. The SMILES string of the molecule is CC(N)CC(=O)NCc1cccc(NS(C)(=O)=O)c1. The molecule has 6 nitrogen and oxygen atoms in total. The van der Waals surface area contributed by atoms with Crippen molar-refractivity contribution in [2.45, 2.75) is 25.9 Å². The summed E-state index contributed by atoms with van der Waals surface area (Å²) in [6, 6.07) is 6.67. The molecule has 1 rings (SSSR count). The summed E-state index contributed by atoms with van der Waals surface area (Å²) >= 11 is 0. The minimum absolute atomic E-state index is 0.128. The van der Waals surface area contributed by atoms with Gasteiger partial charge in [0.1, 0.15) is 0 Å². The molecule has 1 unspecified atom stereocenters. The van der Waals surface area contributed by atoms with Gasteiger partial charge < -0.3 is 11.1 Å². The van der Waals surface area contributed by atoms with Crippen LogP contribution in [0, 0.1) is 0 Å². The van der Waals surface area contributed by atoms with E-state index in [1.54, 1.807) is 31.2 Å². The lowest BCUT2D eigenvalue weighted by atomic mass is 10.2. The van der Waals surface area contributed by atoms with E-state index in [0.717, 1.165) is 11.8 Å². The second-order valence-corrected chi connectivity index (χ2v) is 6.28. The first kappa shape index (κ1) is 15.5. The molecule has 0 spiro atoms. The van der Waals surface area contributed by atoms with E-state index in [0.29, 0.717) is 12.2 Å².